The van der Waals surface area contributed by atoms with Crippen LogP contribution in [0.15, 0.2) is 24.3 Å². The van der Waals surface area contributed by atoms with Crippen molar-refractivity contribution in [3.05, 3.63) is 24.3 Å². The standard InChI is InChI=1S/C16H26N2O4/c1-4-9-18(16(20)21)14-7-5-6-8-15(14)22-11-13(19)10-17-12(2)3/h5-8,12-13,17,19H,4,9-11H2,1-3H3,(H,20,21)/p-1. The van der Waals surface area contributed by atoms with Crippen molar-refractivity contribution in [1.29, 1.82) is 0 Å². The molecule has 0 radical (unpaired) electrons. The van der Waals surface area contributed by atoms with E-state index in [4.69, 9.17) is 4.74 Å². The highest BCUT2D eigenvalue weighted by Crippen LogP contribution is 2.28. The van der Waals surface area contributed by atoms with Gasteiger partial charge >= 0.3 is 0 Å². The Bertz CT molecular complexity index is 465. The second kappa shape index (κ2) is 9.27. The number of aliphatic hydroxyl groups excluding tert-OH is 1. The molecule has 0 heterocycles. The first-order chi connectivity index (χ1) is 10.5. The molecule has 0 aromatic heterocycles. The maximum Gasteiger partial charge on any atom is 0.143 e. The lowest BCUT2D eigenvalue weighted by atomic mass is 10.2. The summed E-state index contributed by atoms with van der Waals surface area (Å²) in [4.78, 5) is 12.4. The van der Waals surface area contributed by atoms with Crippen LogP contribution in [0.3, 0.4) is 0 Å². The van der Waals surface area contributed by atoms with E-state index in [0.717, 1.165) is 4.90 Å². The smallest absolute Gasteiger partial charge is 0.143 e. The first kappa shape index (κ1) is 18.3. The summed E-state index contributed by atoms with van der Waals surface area (Å²) in [5.41, 5.74) is 0.438. The molecule has 0 aliphatic carbocycles. The van der Waals surface area contributed by atoms with Gasteiger partial charge in [0.25, 0.3) is 0 Å². The van der Waals surface area contributed by atoms with Crippen LogP contribution in [0.4, 0.5) is 10.5 Å². The number of para-hydroxylation sites is 2. The average Bonchev–Trinajstić information content (AvgIpc) is 2.48. The Morgan fingerprint density at radius 1 is 1.41 bits per heavy atom. The van der Waals surface area contributed by atoms with Gasteiger partial charge < -0.3 is 30.0 Å². The van der Waals surface area contributed by atoms with Crippen LogP contribution in [0, 0.1) is 0 Å². The van der Waals surface area contributed by atoms with Gasteiger partial charge in [-0.25, -0.2) is 0 Å². The number of amides is 1. The second-order valence-corrected chi connectivity index (χ2v) is 5.41. The van der Waals surface area contributed by atoms with Crippen LogP contribution in [0.25, 0.3) is 0 Å². The fourth-order valence-electron chi connectivity index (χ4n) is 1.95. The molecule has 22 heavy (non-hydrogen) atoms. The maximum absolute atomic E-state index is 11.3. The van der Waals surface area contributed by atoms with E-state index in [1.54, 1.807) is 24.3 Å². The fraction of sp³-hybridized carbons (Fsp3) is 0.562. The minimum Gasteiger partial charge on any atom is -0.530 e. The monoisotopic (exact) mass is 309 g/mol. The molecule has 6 nitrogen and oxygen atoms in total. The Kier molecular flexibility index (Phi) is 7.70. The predicted octanol–water partition coefficient (Wildman–Crippen LogP) is 0.984. The van der Waals surface area contributed by atoms with E-state index in [0.29, 0.717) is 30.9 Å². The van der Waals surface area contributed by atoms with E-state index in [2.05, 4.69) is 5.32 Å². The number of carbonyl (C=O) groups excluding carboxylic acids is 1. The van der Waals surface area contributed by atoms with Crippen molar-refractivity contribution in [2.75, 3.05) is 24.6 Å². The SMILES string of the molecule is CCCN(C(=O)[O-])c1ccccc1OCC(O)CNC(C)C. The Hall–Kier alpha value is -1.79. The molecular formula is C16H25N2O4-. The van der Waals surface area contributed by atoms with Gasteiger partial charge in [0.05, 0.1) is 5.69 Å². The Labute approximate surface area is 131 Å². The van der Waals surface area contributed by atoms with E-state index in [1.807, 2.05) is 20.8 Å². The molecule has 0 bridgehead atoms. The van der Waals surface area contributed by atoms with Gasteiger partial charge in [0.15, 0.2) is 0 Å². The number of hydrogen-bond donors (Lipinski definition) is 2. The number of aliphatic hydroxyl groups is 1. The number of rotatable bonds is 9. The molecule has 1 amide bonds. The predicted molar refractivity (Wildman–Crippen MR) is 84.1 cm³/mol. The molecule has 124 valence electrons. The Morgan fingerprint density at radius 2 is 2.09 bits per heavy atom. The van der Waals surface area contributed by atoms with Crippen molar-refractivity contribution < 1.29 is 19.7 Å². The molecule has 1 aromatic rings. The summed E-state index contributed by atoms with van der Waals surface area (Å²) >= 11 is 0. The van der Waals surface area contributed by atoms with Gasteiger partial charge in [0.2, 0.25) is 0 Å². The molecule has 0 saturated heterocycles. The summed E-state index contributed by atoms with van der Waals surface area (Å²) < 4.78 is 5.59. The summed E-state index contributed by atoms with van der Waals surface area (Å²) in [5.74, 6) is 0.420. The van der Waals surface area contributed by atoms with Crippen molar-refractivity contribution in [3.63, 3.8) is 0 Å². The summed E-state index contributed by atoms with van der Waals surface area (Å²) in [5, 5.41) is 24.2. The van der Waals surface area contributed by atoms with E-state index in [1.165, 1.54) is 0 Å². The molecule has 0 spiro atoms. The molecule has 0 aliphatic heterocycles. The minimum atomic E-state index is -1.26. The molecule has 1 rings (SSSR count). The van der Waals surface area contributed by atoms with Crippen LogP contribution in [-0.4, -0.2) is 43.0 Å². The third-order valence-corrected chi connectivity index (χ3v) is 3.02. The lowest BCUT2D eigenvalue weighted by molar-refractivity contribution is -0.246. The quantitative estimate of drug-likeness (QED) is 0.710. The largest absolute Gasteiger partial charge is 0.530 e. The van der Waals surface area contributed by atoms with Crippen molar-refractivity contribution >= 4 is 11.8 Å². The number of carbonyl (C=O) groups is 1. The highest BCUT2D eigenvalue weighted by molar-refractivity contribution is 5.86. The topological polar surface area (TPSA) is 84.9 Å². The van der Waals surface area contributed by atoms with Gasteiger partial charge in [0.1, 0.15) is 24.6 Å². The molecule has 0 saturated carbocycles. The lowest BCUT2D eigenvalue weighted by Gasteiger charge is -2.27. The zero-order chi connectivity index (χ0) is 16.5. The van der Waals surface area contributed by atoms with E-state index < -0.39 is 12.2 Å². The molecular weight excluding hydrogens is 284 g/mol. The van der Waals surface area contributed by atoms with Crippen LogP contribution in [0.1, 0.15) is 27.2 Å². The summed E-state index contributed by atoms with van der Waals surface area (Å²) in [7, 11) is 0. The fourth-order valence-corrected chi connectivity index (χ4v) is 1.95. The van der Waals surface area contributed by atoms with Gasteiger partial charge in [-0.05, 0) is 18.6 Å². The van der Waals surface area contributed by atoms with Crippen LogP contribution >= 0.6 is 0 Å². The highest BCUT2D eigenvalue weighted by atomic mass is 16.5. The summed E-state index contributed by atoms with van der Waals surface area (Å²) in [6.07, 6.45) is -1.26. The van der Waals surface area contributed by atoms with Crippen molar-refractivity contribution in [2.24, 2.45) is 0 Å². The van der Waals surface area contributed by atoms with Gasteiger partial charge in [-0.1, -0.05) is 32.9 Å². The van der Waals surface area contributed by atoms with Gasteiger partial charge in [0, 0.05) is 19.1 Å². The number of benzene rings is 1. The van der Waals surface area contributed by atoms with Crippen molar-refractivity contribution in [1.82, 2.24) is 5.32 Å². The number of nitrogens with one attached hydrogen (secondary N) is 1. The zero-order valence-electron chi connectivity index (χ0n) is 13.4. The molecule has 1 unspecified atom stereocenters. The number of anilines is 1. The van der Waals surface area contributed by atoms with Gasteiger partial charge in [-0.2, -0.15) is 0 Å². The van der Waals surface area contributed by atoms with E-state index >= 15 is 0 Å². The van der Waals surface area contributed by atoms with Crippen LogP contribution in [0.2, 0.25) is 0 Å². The summed E-state index contributed by atoms with van der Waals surface area (Å²) in [6.45, 7) is 6.71. The van der Waals surface area contributed by atoms with Crippen LogP contribution in [-0.2, 0) is 0 Å². The summed E-state index contributed by atoms with van der Waals surface area (Å²) in [6, 6.07) is 7.13. The average molecular weight is 309 g/mol. The number of carboxylic acid groups (broad SMARTS) is 1. The minimum absolute atomic E-state index is 0.0870. The molecule has 1 aromatic carbocycles. The van der Waals surface area contributed by atoms with E-state index in [9.17, 15) is 15.0 Å². The molecule has 6 heteroatoms. The number of hydrogen-bond acceptors (Lipinski definition) is 5. The van der Waals surface area contributed by atoms with Gasteiger partial charge in [-0.15, -0.1) is 0 Å². The van der Waals surface area contributed by atoms with E-state index in [-0.39, 0.29) is 12.6 Å². The van der Waals surface area contributed by atoms with Crippen molar-refractivity contribution in [2.45, 2.75) is 39.3 Å². The first-order valence-electron chi connectivity index (χ1n) is 7.57. The normalized spacial score (nSPS) is 12.2. The Balaban J connectivity index is 2.72. The van der Waals surface area contributed by atoms with Crippen LogP contribution < -0.4 is 20.1 Å². The third-order valence-electron chi connectivity index (χ3n) is 3.02. The van der Waals surface area contributed by atoms with Gasteiger partial charge in [-0.3, -0.25) is 0 Å². The zero-order valence-corrected chi connectivity index (χ0v) is 13.4. The van der Waals surface area contributed by atoms with Crippen LogP contribution in [0.5, 0.6) is 5.75 Å². The molecule has 0 aliphatic rings. The molecule has 1 atom stereocenters. The molecule has 0 fully saturated rings. The lowest BCUT2D eigenvalue weighted by Crippen LogP contribution is -2.42. The maximum atomic E-state index is 11.3. The third kappa shape index (κ3) is 5.91. The van der Waals surface area contributed by atoms with Crippen molar-refractivity contribution in [3.8, 4) is 5.75 Å². The number of ether oxygens (including phenoxy) is 1. The highest BCUT2D eigenvalue weighted by Gasteiger charge is 2.14. The number of nitrogens with zero attached hydrogens (tertiary/aromatic N) is 1. The first-order valence-corrected chi connectivity index (χ1v) is 7.57. The second-order valence-electron chi connectivity index (χ2n) is 5.41. The Morgan fingerprint density at radius 3 is 2.68 bits per heavy atom. The molecule has 2 N–H and O–H groups in total.